The summed E-state index contributed by atoms with van der Waals surface area (Å²) in [5.74, 6) is 1.99. The predicted octanol–water partition coefficient (Wildman–Crippen LogP) is 2.32. The molecule has 2 N–H and O–H groups in total. The summed E-state index contributed by atoms with van der Waals surface area (Å²) in [6, 6.07) is 8.24. The van der Waals surface area contributed by atoms with Gasteiger partial charge in [-0.25, -0.2) is 0 Å². The van der Waals surface area contributed by atoms with E-state index in [9.17, 15) is 4.79 Å². The lowest BCUT2D eigenvalue weighted by Gasteiger charge is -2.28. The molecular weight excluding hydrogens is 332 g/mol. The van der Waals surface area contributed by atoms with Gasteiger partial charge >= 0.3 is 0 Å². The Kier molecular flexibility index (Phi) is 6.22. The van der Waals surface area contributed by atoms with Crippen molar-refractivity contribution in [2.75, 3.05) is 13.7 Å². The molecule has 1 aliphatic heterocycles. The number of benzene rings is 1. The maximum Gasteiger partial charge on any atom is 0.226 e. The molecule has 26 heavy (non-hydrogen) atoms. The van der Waals surface area contributed by atoms with Crippen molar-refractivity contribution in [2.45, 2.75) is 51.1 Å². The fourth-order valence-electron chi connectivity index (χ4n) is 3.18. The van der Waals surface area contributed by atoms with Crippen LogP contribution >= 0.6 is 0 Å². The van der Waals surface area contributed by atoms with Crippen molar-refractivity contribution in [3.63, 3.8) is 0 Å². The molecule has 1 saturated heterocycles. The van der Waals surface area contributed by atoms with E-state index in [-0.39, 0.29) is 11.9 Å². The summed E-state index contributed by atoms with van der Waals surface area (Å²) in [5, 5.41) is 10.5. The van der Waals surface area contributed by atoms with Gasteiger partial charge < -0.3 is 19.9 Å². The number of ether oxygens (including phenoxy) is 1. The number of hydrogen-bond acceptors (Lipinski definition) is 6. The summed E-state index contributed by atoms with van der Waals surface area (Å²) in [6.45, 7) is 3.11. The number of amides is 1. The SMILES string of the molecule is COc1ccc(-c2noc(CCCC(=O)NC3CCNC(C)C3)n2)cc1. The third kappa shape index (κ3) is 5.05. The van der Waals surface area contributed by atoms with Crippen molar-refractivity contribution < 1.29 is 14.1 Å². The number of aromatic nitrogens is 2. The Balaban J connectivity index is 1.43. The number of nitrogens with one attached hydrogen (secondary N) is 2. The van der Waals surface area contributed by atoms with Crippen LogP contribution in [0.25, 0.3) is 11.4 Å². The van der Waals surface area contributed by atoms with Gasteiger partial charge in [-0.2, -0.15) is 4.98 Å². The molecular formula is C19H26N4O3. The highest BCUT2D eigenvalue weighted by Crippen LogP contribution is 2.20. The highest BCUT2D eigenvalue weighted by atomic mass is 16.5. The van der Waals surface area contributed by atoms with E-state index in [1.807, 2.05) is 24.3 Å². The zero-order valence-electron chi connectivity index (χ0n) is 15.3. The summed E-state index contributed by atoms with van der Waals surface area (Å²) in [7, 11) is 1.63. The molecule has 1 amide bonds. The first-order chi connectivity index (χ1) is 12.6. The first kappa shape index (κ1) is 18.4. The van der Waals surface area contributed by atoms with Crippen LogP contribution in [0.15, 0.2) is 28.8 Å². The Morgan fingerprint density at radius 3 is 2.92 bits per heavy atom. The van der Waals surface area contributed by atoms with E-state index in [1.165, 1.54) is 0 Å². The highest BCUT2D eigenvalue weighted by Gasteiger charge is 2.19. The number of hydrogen-bond donors (Lipinski definition) is 2. The fraction of sp³-hybridized carbons (Fsp3) is 0.526. The minimum Gasteiger partial charge on any atom is -0.497 e. The van der Waals surface area contributed by atoms with Crippen molar-refractivity contribution in [3.8, 4) is 17.1 Å². The van der Waals surface area contributed by atoms with Crippen molar-refractivity contribution in [1.29, 1.82) is 0 Å². The maximum absolute atomic E-state index is 12.1. The van der Waals surface area contributed by atoms with E-state index < -0.39 is 0 Å². The molecule has 2 unspecified atom stereocenters. The van der Waals surface area contributed by atoms with Gasteiger partial charge in [0.1, 0.15) is 5.75 Å². The molecule has 2 heterocycles. The van der Waals surface area contributed by atoms with E-state index >= 15 is 0 Å². The first-order valence-corrected chi connectivity index (χ1v) is 9.14. The van der Waals surface area contributed by atoms with E-state index in [2.05, 4.69) is 27.7 Å². The van der Waals surface area contributed by atoms with Crippen molar-refractivity contribution in [2.24, 2.45) is 0 Å². The van der Waals surface area contributed by atoms with E-state index in [1.54, 1.807) is 7.11 Å². The van der Waals surface area contributed by atoms with Crippen molar-refractivity contribution in [3.05, 3.63) is 30.2 Å². The van der Waals surface area contributed by atoms with Crippen LogP contribution in [-0.2, 0) is 11.2 Å². The number of piperidine rings is 1. The number of methoxy groups -OCH3 is 1. The molecule has 1 fully saturated rings. The Labute approximate surface area is 153 Å². The lowest BCUT2D eigenvalue weighted by molar-refractivity contribution is -0.122. The van der Waals surface area contributed by atoms with Crippen molar-refractivity contribution in [1.82, 2.24) is 20.8 Å². The Morgan fingerprint density at radius 2 is 2.19 bits per heavy atom. The number of rotatable bonds is 7. The molecule has 2 aromatic rings. The third-order valence-corrected chi connectivity index (χ3v) is 4.60. The molecule has 1 aromatic carbocycles. The van der Waals surface area contributed by atoms with Crippen LogP contribution in [0.1, 0.15) is 38.5 Å². The minimum atomic E-state index is 0.0963. The predicted molar refractivity (Wildman–Crippen MR) is 97.9 cm³/mol. The number of aryl methyl sites for hydroxylation is 1. The quantitative estimate of drug-likeness (QED) is 0.790. The molecule has 0 bridgehead atoms. The number of carbonyl (C=O) groups is 1. The van der Waals surface area contributed by atoms with E-state index in [4.69, 9.17) is 9.26 Å². The lowest BCUT2D eigenvalue weighted by atomic mass is 10.0. The fourth-order valence-corrected chi connectivity index (χ4v) is 3.18. The summed E-state index contributed by atoms with van der Waals surface area (Å²) in [5.41, 5.74) is 0.874. The van der Waals surface area contributed by atoms with Gasteiger partial charge in [-0.15, -0.1) is 0 Å². The second-order valence-corrected chi connectivity index (χ2v) is 6.74. The zero-order chi connectivity index (χ0) is 18.4. The lowest BCUT2D eigenvalue weighted by Crippen LogP contribution is -2.46. The molecule has 7 heteroatoms. The second kappa shape index (κ2) is 8.80. The monoisotopic (exact) mass is 358 g/mol. The molecule has 0 radical (unpaired) electrons. The third-order valence-electron chi connectivity index (χ3n) is 4.60. The molecule has 140 valence electrons. The van der Waals surface area contributed by atoms with Crippen LogP contribution < -0.4 is 15.4 Å². The average Bonchev–Trinajstić information content (AvgIpc) is 3.11. The van der Waals surface area contributed by atoms with Crippen molar-refractivity contribution >= 4 is 5.91 Å². The van der Waals surface area contributed by atoms with Gasteiger partial charge in [0, 0.05) is 30.5 Å². The average molecular weight is 358 g/mol. The molecule has 0 spiro atoms. The molecule has 3 rings (SSSR count). The zero-order valence-corrected chi connectivity index (χ0v) is 15.3. The standard InChI is InChI=1S/C19H26N4O3/c1-13-12-15(10-11-20-13)21-17(24)4-3-5-18-22-19(23-26-18)14-6-8-16(25-2)9-7-14/h6-9,13,15,20H,3-5,10-12H2,1-2H3,(H,21,24). The minimum absolute atomic E-state index is 0.0963. The molecule has 1 aromatic heterocycles. The number of carbonyl (C=O) groups excluding carboxylic acids is 1. The van der Waals surface area contributed by atoms with Gasteiger partial charge in [-0.3, -0.25) is 4.79 Å². The van der Waals surface area contributed by atoms with Crippen LogP contribution in [0.2, 0.25) is 0 Å². The Morgan fingerprint density at radius 1 is 1.38 bits per heavy atom. The number of nitrogens with zero attached hydrogens (tertiary/aromatic N) is 2. The normalized spacial score (nSPS) is 19.9. The van der Waals surface area contributed by atoms with Gasteiger partial charge in [0.15, 0.2) is 0 Å². The van der Waals surface area contributed by atoms with E-state index in [0.717, 1.165) is 30.7 Å². The van der Waals surface area contributed by atoms with Crippen LogP contribution in [0.3, 0.4) is 0 Å². The summed E-state index contributed by atoms with van der Waals surface area (Å²) < 4.78 is 10.4. The topological polar surface area (TPSA) is 89.3 Å². The van der Waals surface area contributed by atoms with Crippen LogP contribution in [0.5, 0.6) is 5.75 Å². The maximum atomic E-state index is 12.1. The van der Waals surface area contributed by atoms with Crippen LogP contribution in [0.4, 0.5) is 0 Å². The molecule has 0 aliphatic carbocycles. The first-order valence-electron chi connectivity index (χ1n) is 9.14. The van der Waals surface area contributed by atoms with Crippen LogP contribution in [0, 0.1) is 0 Å². The smallest absolute Gasteiger partial charge is 0.226 e. The largest absolute Gasteiger partial charge is 0.497 e. The second-order valence-electron chi connectivity index (χ2n) is 6.74. The van der Waals surface area contributed by atoms with Gasteiger partial charge in [-0.05, 0) is 57.0 Å². The molecule has 2 atom stereocenters. The Hall–Kier alpha value is -2.41. The summed E-state index contributed by atoms with van der Waals surface area (Å²) in [6.07, 6.45) is 3.74. The van der Waals surface area contributed by atoms with Gasteiger partial charge in [0.25, 0.3) is 0 Å². The summed E-state index contributed by atoms with van der Waals surface area (Å²) in [4.78, 5) is 16.5. The van der Waals surface area contributed by atoms with Gasteiger partial charge in [0.05, 0.1) is 7.11 Å². The Bertz CT molecular complexity index is 714. The highest BCUT2D eigenvalue weighted by molar-refractivity contribution is 5.76. The van der Waals surface area contributed by atoms with Crippen LogP contribution in [-0.4, -0.2) is 41.8 Å². The molecule has 1 aliphatic rings. The van der Waals surface area contributed by atoms with E-state index in [0.29, 0.717) is 37.0 Å². The van der Waals surface area contributed by atoms with Gasteiger partial charge in [-0.1, -0.05) is 5.16 Å². The molecule has 0 saturated carbocycles. The summed E-state index contributed by atoms with van der Waals surface area (Å²) >= 11 is 0. The molecule has 7 nitrogen and oxygen atoms in total. The van der Waals surface area contributed by atoms with Gasteiger partial charge in [0.2, 0.25) is 17.6 Å².